The van der Waals surface area contributed by atoms with Gasteiger partial charge in [-0.1, -0.05) is 29.8 Å². The van der Waals surface area contributed by atoms with E-state index in [2.05, 4.69) is 15.3 Å². The number of anilines is 2. The summed E-state index contributed by atoms with van der Waals surface area (Å²) in [6.07, 6.45) is 1.49. The fourth-order valence-corrected chi connectivity index (χ4v) is 7.53. The van der Waals surface area contributed by atoms with Crippen LogP contribution in [-0.2, 0) is 23.4 Å². The minimum absolute atomic E-state index is 0.0409. The Morgan fingerprint density at radius 1 is 1.06 bits per heavy atom. The highest BCUT2D eigenvalue weighted by Crippen LogP contribution is 2.55. The highest BCUT2D eigenvalue weighted by atomic mass is 32.2. The molecule has 3 rings (SSSR count). The average Bonchev–Trinajstić information content (AvgIpc) is 2.85. The molecule has 1 amide bonds. The third-order valence-electron chi connectivity index (χ3n) is 5.32. The largest absolute Gasteiger partial charge is 0.382 e. The van der Waals surface area contributed by atoms with Crippen LogP contribution in [0.15, 0.2) is 59.6 Å². The summed E-state index contributed by atoms with van der Waals surface area (Å²) in [5, 5.41) is 2.65. The number of carbonyl (C=O) groups is 1. The Morgan fingerprint density at radius 2 is 1.64 bits per heavy atom. The number of nitrogens with two attached hydrogens (primary N) is 1. The lowest BCUT2D eigenvalue weighted by Gasteiger charge is -2.23. The minimum atomic E-state index is -4.05. The van der Waals surface area contributed by atoms with Gasteiger partial charge in [-0.2, -0.15) is 0 Å². The molecule has 3 aromatic rings. The second-order valence-electron chi connectivity index (χ2n) is 7.85. The number of benzene rings is 2. The second kappa shape index (κ2) is 11.3. The summed E-state index contributed by atoms with van der Waals surface area (Å²) in [5.41, 5.74) is 8.48. The van der Waals surface area contributed by atoms with E-state index in [4.69, 9.17) is 14.8 Å². The number of nitrogens with one attached hydrogen (secondary N) is 1. The van der Waals surface area contributed by atoms with Crippen LogP contribution in [-0.4, -0.2) is 42.5 Å². The van der Waals surface area contributed by atoms with E-state index in [0.29, 0.717) is 11.4 Å². The topological polar surface area (TPSA) is 151 Å². The molecule has 0 saturated heterocycles. The molecule has 10 nitrogen and oxygen atoms in total. The van der Waals surface area contributed by atoms with Crippen LogP contribution >= 0.6 is 7.60 Å². The van der Waals surface area contributed by atoms with Crippen molar-refractivity contribution in [3.05, 3.63) is 66.0 Å². The summed E-state index contributed by atoms with van der Waals surface area (Å²) in [6.45, 7) is 6.55. The predicted octanol–water partition coefficient (Wildman–Crippen LogP) is 4.67. The van der Waals surface area contributed by atoms with Gasteiger partial charge < -0.3 is 20.1 Å². The summed E-state index contributed by atoms with van der Waals surface area (Å²) < 4.78 is 49.5. The second-order valence-corrected chi connectivity index (χ2v) is 12.8. The number of nitrogens with zero attached hydrogens (tertiary/aromatic N) is 2. The van der Waals surface area contributed by atoms with Gasteiger partial charge in [0.2, 0.25) is 0 Å². The van der Waals surface area contributed by atoms with Gasteiger partial charge in [0, 0.05) is 11.3 Å². The number of nitrogen functional groups attached to an aromatic ring is 1. The maximum absolute atomic E-state index is 13.1. The van der Waals surface area contributed by atoms with Crippen molar-refractivity contribution in [1.82, 2.24) is 9.97 Å². The van der Waals surface area contributed by atoms with E-state index in [-0.39, 0.29) is 29.6 Å². The van der Waals surface area contributed by atoms with E-state index in [1.807, 2.05) is 31.2 Å². The molecule has 12 heteroatoms. The molecule has 0 aliphatic rings. The fourth-order valence-electron chi connectivity index (χ4n) is 3.32. The highest BCUT2D eigenvalue weighted by Gasteiger charge is 2.42. The summed E-state index contributed by atoms with van der Waals surface area (Å²) in [6, 6.07) is 13.0. The average molecular weight is 533 g/mol. The van der Waals surface area contributed by atoms with Gasteiger partial charge in [0.1, 0.15) is 0 Å². The molecule has 1 heterocycles. The molecule has 36 heavy (non-hydrogen) atoms. The van der Waals surface area contributed by atoms with Crippen molar-refractivity contribution in [2.45, 2.75) is 37.6 Å². The third kappa shape index (κ3) is 5.99. The molecule has 0 saturated carbocycles. The summed E-state index contributed by atoms with van der Waals surface area (Å²) in [7, 11) is -7.95. The van der Waals surface area contributed by atoms with Crippen molar-refractivity contribution in [3.63, 3.8) is 0 Å². The molecule has 2 aromatic carbocycles. The molecular formula is C24H29N4O6PS. The third-order valence-corrected chi connectivity index (χ3v) is 10.9. The smallest absolute Gasteiger partial charge is 0.348 e. The molecule has 1 atom stereocenters. The minimum Gasteiger partial charge on any atom is -0.382 e. The quantitative estimate of drug-likeness (QED) is 0.355. The van der Waals surface area contributed by atoms with Crippen LogP contribution in [0.25, 0.3) is 11.3 Å². The fraction of sp³-hybridized carbons (Fsp3) is 0.292. The number of hydrogen-bond donors (Lipinski definition) is 2. The van der Waals surface area contributed by atoms with Crippen LogP contribution in [0.4, 0.5) is 11.5 Å². The van der Waals surface area contributed by atoms with Gasteiger partial charge in [-0.05, 0) is 52.0 Å². The van der Waals surface area contributed by atoms with Crippen molar-refractivity contribution >= 4 is 34.8 Å². The van der Waals surface area contributed by atoms with Crippen molar-refractivity contribution < 1.29 is 26.8 Å². The lowest BCUT2D eigenvalue weighted by Crippen LogP contribution is -2.21. The number of aromatic nitrogens is 2. The molecule has 0 bridgehead atoms. The van der Waals surface area contributed by atoms with Crippen LogP contribution < -0.4 is 11.1 Å². The Balaban J connectivity index is 1.81. The van der Waals surface area contributed by atoms with Crippen LogP contribution in [0.3, 0.4) is 0 Å². The van der Waals surface area contributed by atoms with Crippen LogP contribution in [0.1, 0.15) is 36.8 Å². The first-order valence-corrected chi connectivity index (χ1v) is 14.4. The monoisotopic (exact) mass is 532 g/mol. The Morgan fingerprint density at radius 3 is 2.19 bits per heavy atom. The van der Waals surface area contributed by atoms with E-state index in [1.165, 1.54) is 37.4 Å². The SMILES string of the molecule is CCOP(=O)(OCC)C(C)S(=O)(=O)c1ccc(NC(=O)c2nc(-c3ccc(C)cc3)cnc2N)cc1. The van der Waals surface area contributed by atoms with Gasteiger partial charge >= 0.3 is 7.60 Å². The summed E-state index contributed by atoms with van der Waals surface area (Å²) >= 11 is 0. The van der Waals surface area contributed by atoms with Gasteiger partial charge in [0.15, 0.2) is 26.3 Å². The van der Waals surface area contributed by atoms with Gasteiger partial charge in [0.05, 0.1) is 30.0 Å². The molecule has 1 aromatic heterocycles. The van der Waals surface area contributed by atoms with Crippen LogP contribution in [0, 0.1) is 6.92 Å². The predicted molar refractivity (Wildman–Crippen MR) is 139 cm³/mol. The number of carbonyl (C=O) groups excluding carboxylic acids is 1. The molecule has 1 unspecified atom stereocenters. The van der Waals surface area contributed by atoms with Crippen molar-refractivity contribution in [2.75, 3.05) is 24.3 Å². The van der Waals surface area contributed by atoms with Crippen LogP contribution in [0.5, 0.6) is 0 Å². The van der Waals surface area contributed by atoms with Crippen LogP contribution in [0.2, 0.25) is 0 Å². The molecule has 3 N–H and O–H groups in total. The lowest BCUT2D eigenvalue weighted by atomic mass is 10.1. The van der Waals surface area contributed by atoms with Gasteiger partial charge in [-0.15, -0.1) is 0 Å². The zero-order valence-corrected chi connectivity index (χ0v) is 22.2. The zero-order valence-electron chi connectivity index (χ0n) is 20.5. The molecule has 0 aliphatic heterocycles. The van der Waals surface area contributed by atoms with E-state index in [9.17, 15) is 17.8 Å². The van der Waals surface area contributed by atoms with Crippen molar-refractivity contribution in [3.8, 4) is 11.3 Å². The number of hydrogen-bond acceptors (Lipinski definition) is 9. The van der Waals surface area contributed by atoms with Gasteiger partial charge in [-0.25, -0.2) is 18.4 Å². The molecule has 0 radical (unpaired) electrons. The van der Waals surface area contributed by atoms with Gasteiger partial charge in [0.25, 0.3) is 5.91 Å². The number of sulfone groups is 1. The zero-order chi connectivity index (χ0) is 26.5. The Kier molecular flexibility index (Phi) is 8.63. The normalized spacial score (nSPS) is 12.8. The first-order chi connectivity index (χ1) is 17.0. The van der Waals surface area contributed by atoms with E-state index in [1.54, 1.807) is 13.8 Å². The molecule has 0 spiro atoms. The standard InChI is InChI=1S/C24H29N4O6PS/c1-5-33-35(30,34-6-2)17(4)36(31,32)20-13-11-19(12-14-20)27-24(29)22-23(25)26-15-21(28-22)18-9-7-16(3)8-10-18/h7-15,17H,5-6H2,1-4H3,(H2,25,26)(H,27,29). The Hall–Kier alpha value is -3.11. The van der Waals surface area contributed by atoms with E-state index < -0.39 is 28.3 Å². The molecular weight excluding hydrogens is 503 g/mol. The lowest BCUT2D eigenvalue weighted by molar-refractivity contribution is 0.102. The maximum Gasteiger partial charge on any atom is 0.348 e. The maximum atomic E-state index is 13.1. The highest BCUT2D eigenvalue weighted by molar-refractivity contribution is 7.98. The molecule has 0 fully saturated rings. The number of rotatable bonds is 10. The number of aryl methyl sites for hydroxylation is 1. The Labute approximate surface area is 210 Å². The summed E-state index contributed by atoms with van der Waals surface area (Å²) in [4.78, 5) is 19.8. The van der Waals surface area contributed by atoms with Crippen molar-refractivity contribution in [1.29, 1.82) is 0 Å². The Bertz CT molecular complexity index is 1370. The van der Waals surface area contributed by atoms with Gasteiger partial charge in [-0.3, -0.25) is 9.36 Å². The number of amides is 1. The molecule has 0 aliphatic carbocycles. The summed E-state index contributed by atoms with van der Waals surface area (Å²) in [5.74, 6) is -0.644. The first kappa shape index (κ1) is 27.5. The first-order valence-electron chi connectivity index (χ1n) is 11.3. The molecule has 192 valence electrons. The van der Waals surface area contributed by atoms with Crippen molar-refractivity contribution in [2.24, 2.45) is 0 Å². The van der Waals surface area contributed by atoms with E-state index >= 15 is 0 Å². The van der Waals surface area contributed by atoms with E-state index in [0.717, 1.165) is 11.1 Å².